The first kappa shape index (κ1) is 16.6. The zero-order chi connectivity index (χ0) is 16.8. The molecule has 2 amide bonds. The van der Waals surface area contributed by atoms with Gasteiger partial charge in [0, 0.05) is 6.92 Å². The molecule has 0 spiro atoms. The number of nitrogens with one attached hydrogen (secondary N) is 1. The van der Waals surface area contributed by atoms with E-state index >= 15 is 0 Å². The van der Waals surface area contributed by atoms with Gasteiger partial charge >= 0.3 is 6.09 Å². The first-order valence-corrected chi connectivity index (χ1v) is 7.58. The minimum Gasteiger partial charge on any atom is -0.411 e. The lowest BCUT2D eigenvalue weighted by molar-refractivity contribution is -0.114. The molecule has 7 nitrogen and oxygen atoms in total. The average molecular weight is 333 g/mol. The molecule has 0 bridgehead atoms. The van der Waals surface area contributed by atoms with Crippen molar-refractivity contribution in [2.75, 3.05) is 5.32 Å². The van der Waals surface area contributed by atoms with Crippen molar-refractivity contribution in [3.05, 3.63) is 40.4 Å². The Morgan fingerprint density at radius 1 is 1.30 bits per heavy atom. The highest BCUT2D eigenvalue weighted by Crippen LogP contribution is 2.23. The van der Waals surface area contributed by atoms with Crippen molar-refractivity contribution in [3.8, 4) is 5.75 Å². The second-order valence-corrected chi connectivity index (χ2v) is 5.72. The Morgan fingerprint density at radius 2 is 2.00 bits per heavy atom. The minimum atomic E-state index is -0.860. The third-order valence-corrected chi connectivity index (χ3v) is 3.85. The van der Waals surface area contributed by atoms with Crippen molar-refractivity contribution in [2.24, 2.45) is 5.73 Å². The van der Waals surface area contributed by atoms with Crippen LogP contribution in [-0.2, 0) is 17.6 Å². The number of amides is 2. The van der Waals surface area contributed by atoms with E-state index in [0.717, 1.165) is 23.2 Å². The maximum Gasteiger partial charge on any atom is 0.409 e. The molecule has 0 atom stereocenters. The topological polar surface area (TPSA) is 111 Å². The number of aryl methyl sites for hydroxylation is 2. The first-order chi connectivity index (χ1) is 11.0. The molecule has 2 rings (SSSR count). The van der Waals surface area contributed by atoms with Gasteiger partial charge in [0.15, 0.2) is 11.4 Å². The van der Waals surface area contributed by atoms with Gasteiger partial charge in [-0.05, 0) is 30.5 Å². The Balaban J connectivity index is 2.02. The molecule has 1 aromatic carbocycles. The monoisotopic (exact) mass is 333 g/mol. The normalized spacial score (nSPS) is 10.1. The second-order valence-electron chi connectivity index (χ2n) is 4.69. The quantitative estimate of drug-likeness (QED) is 0.787. The fourth-order valence-corrected chi connectivity index (χ4v) is 2.81. The molecule has 0 aliphatic heterocycles. The van der Waals surface area contributed by atoms with Gasteiger partial charge in [-0.15, -0.1) is 0 Å². The Hall–Kier alpha value is -2.74. The number of nitrogens with zero attached hydrogens (tertiary/aromatic N) is 1. The Bertz CT molecular complexity index is 725. The predicted molar refractivity (Wildman–Crippen MR) is 85.9 cm³/mol. The highest BCUT2D eigenvalue weighted by atomic mass is 32.1. The van der Waals surface area contributed by atoms with Gasteiger partial charge in [-0.3, -0.25) is 9.59 Å². The maximum atomic E-state index is 11.1. The van der Waals surface area contributed by atoms with Crippen LogP contribution < -0.4 is 15.8 Å². The number of hydrogen-bond acceptors (Lipinski definition) is 6. The number of carbonyl (C=O) groups excluding carboxylic acids is 3. The van der Waals surface area contributed by atoms with E-state index in [1.54, 1.807) is 24.3 Å². The van der Waals surface area contributed by atoms with Gasteiger partial charge in [-0.25, -0.2) is 9.78 Å². The van der Waals surface area contributed by atoms with E-state index in [-0.39, 0.29) is 5.91 Å². The molecule has 0 radical (unpaired) electrons. The molecule has 0 saturated heterocycles. The fourth-order valence-electron chi connectivity index (χ4n) is 1.94. The molecule has 0 aliphatic carbocycles. The largest absolute Gasteiger partial charge is 0.411 e. The van der Waals surface area contributed by atoms with Crippen LogP contribution in [0.5, 0.6) is 5.75 Å². The Labute approximate surface area is 136 Å². The average Bonchev–Trinajstić information content (AvgIpc) is 2.87. The van der Waals surface area contributed by atoms with Gasteiger partial charge in [-0.2, -0.15) is 0 Å². The molecular formula is C15H15N3O4S. The third kappa shape index (κ3) is 4.89. The molecule has 0 fully saturated rings. The summed E-state index contributed by atoms with van der Waals surface area (Å²) in [5.74, 6) is 0.143. The number of ether oxygens (including phenoxy) is 1. The number of hydrogen-bond donors (Lipinski definition) is 2. The lowest BCUT2D eigenvalue weighted by Gasteiger charge is -2.03. The lowest BCUT2D eigenvalue weighted by Crippen LogP contribution is -2.16. The highest BCUT2D eigenvalue weighted by molar-refractivity contribution is 7.17. The van der Waals surface area contributed by atoms with E-state index in [4.69, 9.17) is 10.5 Å². The zero-order valence-corrected chi connectivity index (χ0v) is 13.2. The Morgan fingerprint density at radius 3 is 2.57 bits per heavy atom. The summed E-state index contributed by atoms with van der Waals surface area (Å²) in [5, 5.41) is 2.99. The first-order valence-electron chi connectivity index (χ1n) is 6.76. The van der Waals surface area contributed by atoms with Gasteiger partial charge in [-0.1, -0.05) is 23.5 Å². The number of benzene rings is 1. The number of anilines is 1. The summed E-state index contributed by atoms with van der Waals surface area (Å²) >= 11 is 1.15. The van der Waals surface area contributed by atoms with Crippen LogP contribution in [0.4, 0.5) is 9.93 Å². The van der Waals surface area contributed by atoms with E-state index in [9.17, 15) is 14.4 Å². The van der Waals surface area contributed by atoms with Crippen LogP contribution in [0.15, 0.2) is 24.3 Å². The molecule has 120 valence electrons. The summed E-state index contributed by atoms with van der Waals surface area (Å²) in [6.07, 6.45) is 1.09. The Kier molecular flexibility index (Phi) is 5.42. The molecule has 1 aromatic heterocycles. The van der Waals surface area contributed by atoms with Crippen LogP contribution in [0.3, 0.4) is 0 Å². The molecule has 0 saturated carbocycles. The zero-order valence-electron chi connectivity index (χ0n) is 12.4. The van der Waals surface area contributed by atoms with Crippen molar-refractivity contribution in [1.29, 1.82) is 0 Å². The van der Waals surface area contributed by atoms with Gasteiger partial charge in [0.05, 0.1) is 10.6 Å². The lowest BCUT2D eigenvalue weighted by atomic mass is 10.1. The van der Waals surface area contributed by atoms with Gasteiger partial charge in [0.2, 0.25) is 5.91 Å². The predicted octanol–water partition coefficient (Wildman–Crippen LogP) is 2.16. The summed E-state index contributed by atoms with van der Waals surface area (Å²) < 4.78 is 4.75. The summed E-state index contributed by atoms with van der Waals surface area (Å²) in [6.45, 7) is 1.39. The van der Waals surface area contributed by atoms with Gasteiger partial charge < -0.3 is 15.8 Å². The molecule has 2 aromatic rings. The summed E-state index contributed by atoms with van der Waals surface area (Å²) in [7, 11) is 0. The number of aromatic nitrogens is 1. The molecule has 0 aliphatic rings. The third-order valence-electron chi connectivity index (χ3n) is 2.91. The van der Waals surface area contributed by atoms with E-state index in [1.165, 1.54) is 6.92 Å². The van der Waals surface area contributed by atoms with Crippen molar-refractivity contribution in [3.63, 3.8) is 0 Å². The smallest absolute Gasteiger partial charge is 0.409 e. The number of primary amides is 1. The number of aldehydes is 1. The number of thiazole rings is 1. The summed E-state index contributed by atoms with van der Waals surface area (Å²) in [5.41, 5.74) is 6.57. The van der Waals surface area contributed by atoms with Gasteiger partial charge in [0.1, 0.15) is 5.75 Å². The number of nitrogens with two attached hydrogens (primary N) is 1. The van der Waals surface area contributed by atoms with Crippen LogP contribution in [0.2, 0.25) is 0 Å². The van der Waals surface area contributed by atoms with Crippen molar-refractivity contribution >= 4 is 34.8 Å². The highest BCUT2D eigenvalue weighted by Gasteiger charge is 2.11. The number of rotatable bonds is 6. The van der Waals surface area contributed by atoms with Crippen molar-refractivity contribution in [1.82, 2.24) is 4.98 Å². The van der Waals surface area contributed by atoms with E-state index in [1.807, 2.05) is 0 Å². The summed E-state index contributed by atoms with van der Waals surface area (Å²) in [4.78, 5) is 37.5. The summed E-state index contributed by atoms with van der Waals surface area (Å²) in [6, 6.07) is 6.90. The van der Waals surface area contributed by atoms with E-state index in [0.29, 0.717) is 34.3 Å². The number of carbonyl (C=O) groups is 3. The standard InChI is InChI=1S/C15H15N3O4S/c1-9(20)17-15-18-12(13(8-19)23-15)7-4-10-2-5-11(6-3-10)22-14(16)21/h2-3,5-6,8H,4,7H2,1H3,(H2,16,21)(H,17,18,20). The van der Waals surface area contributed by atoms with Crippen LogP contribution in [0, 0.1) is 0 Å². The molecule has 8 heteroatoms. The van der Waals surface area contributed by atoms with Crippen molar-refractivity contribution in [2.45, 2.75) is 19.8 Å². The van der Waals surface area contributed by atoms with Crippen LogP contribution in [0.1, 0.15) is 27.9 Å². The van der Waals surface area contributed by atoms with Crippen molar-refractivity contribution < 1.29 is 19.1 Å². The fraction of sp³-hybridized carbons (Fsp3) is 0.200. The molecule has 1 heterocycles. The maximum absolute atomic E-state index is 11.1. The molecule has 0 unspecified atom stereocenters. The second kappa shape index (κ2) is 7.50. The van der Waals surface area contributed by atoms with E-state index < -0.39 is 6.09 Å². The molecular weight excluding hydrogens is 318 g/mol. The minimum absolute atomic E-state index is 0.229. The van der Waals surface area contributed by atoms with Crippen LogP contribution in [-0.4, -0.2) is 23.3 Å². The SMILES string of the molecule is CC(=O)Nc1nc(CCc2ccc(OC(N)=O)cc2)c(C=O)s1. The van der Waals surface area contributed by atoms with E-state index in [2.05, 4.69) is 10.3 Å². The molecule has 3 N–H and O–H groups in total. The van der Waals surface area contributed by atoms with Crippen LogP contribution >= 0.6 is 11.3 Å². The molecule has 23 heavy (non-hydrogen) atoms. The van der Waals surface area contributed by atoms with Gasteiger partial charge in [0.25, 0.3) is 0 Å². The van der Waals surface area contributed by atoms with Crippen LogP contribution in [0.25, 0.3) is 0 Å².